The molecule has 1 heterocycles. The second-order valence-corrected chi connectivity index (χ2v) is 4.77. The summed E-state index contributed by atoms with van der Waals surface area (Å²) in [6.45, 7) is 4.26. The number of carbonyl (C=O) groups is 2. The lowest BCUT2D eigenvalue weighted by Gasteiger charge is -2.18. The maximum atomic E-state index is 14.3. The smallest absolute Gasteiger partial charge is 0.379 e. The minimum absolute atomic E-state index is 0.00145. The van der Waals surface area contributed by atoms with Gasteiger partial charge >= 0.3 is 5.97 Å². The van der Waals surface area contributed by atoms with Gasteiger partial charge in [0.2, 0.25) is 6.79 Å². The third kappa shape index (κ3) is 2.59. The van der Waals surface area contributed by atoms with Gasteiger partial charge < -0.3 is 14.2 Å². The van der Waals surface area contributed by atoms with E-state index in [1.807, 2.05) is 0 Å². The van der Waals surface area contributed by atoms with Crippen molar-refractivity contribution in [3.05, 3.63) is 23.3 Å². The summed E-state index contributed by atoms with van der Waals surface area (Å²) in [6, 6.07) is 2.70. The molecule has 108 valence electrons. The fourth-order valence-electron chi connectivity index (χ4n) is 1.93. The van der Waals surface area contributed by atoms with Crippen LogP contribution in [0.3, 0.4) is 0 Å². The SMILES string of the molecule is CCOC(=O)C(=O)c1cc2c(cc1C(C)(C)F)OCO2. The van der Waals surface area contributed by atoms with Gasteiger partial charge in [-0.1, -0.05) is 0 Å². The predicted octanol–water partition coefficient (Wildman–Crippen LogP) is 2.37. The molecule has 2 rings (SSSR count). The van der Waals surface area contributed by atoms with Crippen molar-refractivity contribution in [3.63, 3.8) is 0 Å². The molecule has 0 N–H and O–H groups in total. The summed E-state index contributed by atoms with van der Waals surface area (Å²) in [5.41, 5.74) is -1.81. The van der Waals surface area contributed by atoms with Crippen LogP contribution in [0.1, 0.15) is 36.7 Å². The largest absolute Gasteiger partial charge is 0.460 e. The maximum absolute atomic E-state index is 14.3. The van der Waals surface area contributed by atoms with E-state index in [2.05, 4.69) is 4.74 Å². The van der Waals surface area contributed by atoms with Crippen LogP contribution in [-0.2, 0) is 15.2 Å². The van der Waals surface area contributed by atoms with Crippen molar-refractivity contribution in [3.8, 4) is 11.5 Å². The minimum atomic E-state index is -1.81. The van der Waals surface area contributed by atoms with Crippen LogP contribution in [-0.4, -0.2) is 25.2 Å². The van der Waals surface area contributed by atoms with Gasteiger partial charge in [0.25, 0.3) is 5.78 Å². The first-order chi connectivity index (χ1) is 9.34. The fourth-order valence-corrected chi connectivity index (χ4v) is 1.93. The van der Waals surface area contributed by atoms with Gasteiger partial charge in [-0.3, -0.25) is 4.79 Å². The number of fused-ring (bicyclic) bond motifs is 1. The highest BCUT2D eigenvalue weighted by molar-refractivity contribution is 6.41. The summed E-state index contributed by atoms with van der Waals surface area (Å²) < 4.78 is 29.2. The maximum Gasteiger partial charge on any atom is 0.379 e. The topological polar surface area (TPSA) is 61.8 Å². The standard InChI is InChI=1S/C14H15FO5/c1-4-18-13(17)12(16)8-5-10-11(20-7-19-10)6-9(8)14(2,3)15/h5-6H,4,7H2,1-3H3. The molecule has 0 atom stereocenters. The van der Waals surface area contributed by atoms with E-state index in [0.717, 1.165) is 0 Å². The van der Waals surface area contributed by atoms with E-state index in [1.165, 1.54) is 26.0 Å². The van der Waals surface area contributed by atoms with E-state index < -0.39 is 17.4 Å². The number of hydrogen-bond acceptors (Lipinski definition) is 5. The molecule has 1 aromatic carbocycles. The Morgan fingerprint density at radius 2 is 1.90 bits per heavy atom. The van der Waals surface area contributed by atoms with Gasteiger partial charge in [0.05, 0.1) is 6.61 Å². The molecule has 0 spiro atoms. The summed E-state index contributed by atoms with van der Waals surface area (Å²) >= 11 is 0. The van der Waals surface area contributed by atoms with Crippen LogP contribution in [0.5, 0.6) is 11.5 Å². The Morgan fingerprint density at radius 1 is 1.30 bits per heavy atom. The number of esters is 1. The molecule has 0 saturated carbocycles. The molecule has 20 heavy (non-hydrogen) atoms. The second-order valence-electron chi connectivity index (χ2n) is 4.77. The number of halogens is 1. The van der Waals surface area contributed by atoms with Crippen molar-refractivity contribution in [1.82, 2.24) is 0 Å². The third-order valence-electron chi connectivity index (χ3n) is 2.86. The quantitative estimate of drug-likeness (QED) is 0.482. The molecule has 1 aromatic rings. The Balaban J connectivity index is 2.50. The van der Waals surface area contributed by atoms with E-state index in [-0.39, 0.29) is 24.5 Å². The van der Waals surface area contributed by atoms with Crippen molar-refractivity contribution in [2.75, 3.05) is 13.4 Å². The van der Waals surface area contributed by atoms with Gasteiger partial charge in [0, 0.05) is 11.1 Å². The highest BCUT2D eigenvalue weighted by atomic mass is 19.1. The molecule has 6 heteroatoms. The monoisotopic (exact) mass is 282 g/mol. The molecule has 1 aliphatic rings. The molecule has 0 amide bonds. The Bertz CT molecular complexity index is 559. The van der Waals surface area contributed by atoms with Crippen LogP contribution < -0.4 is 9.47 Å². The molecule has 0 bridgehead atoms. The van der Waals surface area contributed by atoms with Gasteiger partial charge in [-0.15, -0.1) is 0 Å². The van der Waals surface area contributed by atoms with E-state index in [1.54, 1.807) is 6.92 Å². The number of rotatable bonds is 4. The second kappa shape index (κ2) is 5.11. The lowest BCUT2D eigenvalue weighted by molar-refractivity contribution is -0.137. The average Bonchev–Trinajstić information content (AvgIpc) is 2.82. The minimum Gasteiger partial charge on any atom is -0.460 e. The lowest BCUT2D eigenvalue weighted by Crippen LogP contribution is -2.22. The van der Waals surface area contributed by atoms with Gasteiger partial charge in [-0.25, -0.2) is 9.18 Å². The highest BCUT2D eigenvalue weighted by Gasteiger charge is 2.32. The highest BCUT2D eigenvalue weighted by Crippen LogP contribution is 2.39. The molecule has 0 aromatic heterocycles. The normalized spacial score (nSPS) is 13.2. The molecular weight excluding hydrogens is 267 g/mol. The van der Waals surface area contributed by atoms with Crippen molar-refractivity contribution >= 4 is 11.8 Å². The summed E-state index contributed by atoms with van der Waals surface area (Å²) in [6.07, 6.45) is 0. The number of hydrogen-bond donors (Lipinski definition) is 0. The number of ketones is 1. The first-order valence-corrected chi connectivity index (χ1v) is 6.19. The number of benzene rings is 1. The lowest BCUT2D eigenvalue weighted by atomic mass is 9.92. The third-order valence-corrected chi connectivity index (χ3v) is 2.86. The van der Waals surface area contributed by atoms with Crippen molar-refractivity contribution in [2.45, 2.75) is 26.4 Å². The molecule has 0 radical (unpaired) electrons. The van der Waals surface area contributed by atoms with Crippen LogP contribution in [0.25, 0.3) is 0 Å². The van der Waals surface area contributed by atoms with Crippen LogP contribution in [0, 0.1) is 0 Å². The number of carbonyl (C=O) groups excluding carboxylic acids is 2. The first-order valence-electron chi connectivity index (χ1n) is 6.19. The molecule has 0 aliphatic carbocycles. The fraction of sp³-hybridized carbons (Fsp3) is 0.429. The van der Waals surface area contributed by atoms with Gasteiger partial charge in [-0.2, -0.15) is 0 Å². The van der Waals surface area contributed by atoms with Crippen molar-refractivity contribution in [1.29, 1.82) is 0 Å². The Labute approximate surface area is 115 Å². The zero-order chi connectivity index (χ0) is 14.9. The zero-order valence-corrected chi connectivity index (χ0v) is 11.5. The molecule has 0 fully saturated rings. The van der Waals surface area contributed by atoms with Gasteiger partial charge in [0.15, 0.2) is 11.5 Å². The summed E-state index contributed by atoms with van der Waals surface area (Å²) in [5, 5.41) is 0. The van der Waals surface area contributed by atoms with Crippen molar-refractivity contribution < 1.29 is 28.2 Å². The molecule has 0 unspecified atom stereocenters. The average molecular weight is 282 g/mol. The summed E-state index contributed by atoms with van der Waals surface area (Å²) in [4.78, 5) is 23.6. The van der Waals surface area contributed by atoms with Crippen LogP contribution in [0.2, 0.25) is 0 Å². The van der Waals surface area contributed by atoms with Crippen molar-refractivity contribution in [2.24, 2.45) is 0 Å². The number of Topliss-reactive ketones (excluding diaryl/α,β-unsaturated/α-hetero) is 1. The van der Waals surface area contributed by atoms with E-state index in [0.29, 0.717) is 11.5 Å². The zero-order valence-electron chi connectivity index (χ0n) is 11.5. The van der Waals surface area contributed by atoms with E-state index in [4.69, 9.17) is 9.47 Å². The van der Waals surface area contributed by atoms with Crippen LogP contribution in [0.15, 0.2) is 12.1 Å². The first kappa shape index (κ1) is 14.3. The van der Waals surface area contributed by atoms with E-state index >= 15 is 0 Å². The van der Waals surface area contributed by atoms with Gasteiger partial charge in [0.1, 0.15) is 5.67 Å². The summed E-state index contributed by atoms with van der Waals surface area (Å²) in [5.74, 6) is -1.25. The molecular formula is C14H15FO5. The van der Waals surface area contributed by atoms with E-state index in [9.17, 15) is 14.0 Å². The Hall–Kier alpha value is -2.11. The van der Waals surface area contributed by atoms with Crippen LogP contribution >= 0.6 is 0 Å². The number of ether oxygens (including phenoxy) is 3. The molecule has 0 saturated heterocycles. The Kier molecular flexibility index (Phi) is 3.65. The molecule has 5 nitrogen and oxygen atoms in total. The van der Waals surface area contributed by atoms with Crippen LogP contribution in [0.4, 0.5) is 4.39 Å². The predicted molar refractivity (Wildman–Crippen MR) is 67.7 cm³/mol. The van der Waals surface area contributed by atoms with Gasteiger partial charge in [-0.05, 0) is 32.9 Å². The number of alkyl halides is 1. The Morgan fingerprint density at radius 3 is 2.45 bits per heavy atom. The summed E-state index contributed by atoms with van der Waals surface area (Å²) in [7, 11) is 0. The molecule has 1 aliphatic heterocycles.